The number of carbonyl (C=O) groups is 1. The van der Waals surface area contributed by atoms with Crippen molar-refractivity contribution in [3.8, 4) is 22.0 Å². The van der Waals surface area contributed by atoms with Gasteiger partial charge < -0.3 is 10.1 Å². The predicted molar refractivity (Wildman–Crippen MR) is 137 cm³/mol. The number of amides is 1. The normalized spacial score (nSPS) is 13.6. The van der Waals surface area contributed by atoms with Crippen molar-refractivity contribution in [1.82, 2.24) is 34.9 Å². The number of pyridine rings is 1. The molecule has 0 saturated heterocycles. The van der Waals surface area contributed by atoms with E-state index in [1.807, 2.05) is 47.1 Å². The smallest absolute Gasteiger partial charge is 0.253 e. The van der Waals surface area contributed by atoms with Gasteiger partial charge in [-0.3, -0.25) is 9.20 Å². The van der Waals surface area contributed by atoms with Gasteiger partial charge in [0.05, 0.1) is 29.4 Å². The first-order valence-electron chi connectivity index (χ1n) is 11.9. The molecule has 0 atom stereocenters. The first-order valence-corrected chi connectivity index (χ1v) is 12.7. The minimum Gasteiger partial charge on any atom is -0.497 e. The number of carbonyl (C=O) groups excluding carboxylic acids is 1. The molecule has 5 aromatic rings. The molecule has 0 radical (unpaired) electrons. The monoisotopic (exact) mass is 499 g/mol. The number of nitrogens with one attached hydrogen (secondary N) is 1. The number of aryl methyl sites for hydroxylation is 1. The molecule has 0 aliphatic heterocycles. The van der Waals surface area contributed by atoms with E-state index in [9.17, 15) is 4.79 Å². The van der Waals surface area contributed by atoms with Crippen LogP contribution >= 0.6 is 11.3 Å². The number of imidazole rings is 1. The van der Waals surface area contributed by atoms with Crippen LogP contribution < -0.4 is 10.1 Å². The van der Waals surface area contributed by atoms with Crippen molar-refractivity contribution in [3.63, 3.8) is 0 Å². The quantitative estimate of drug-likeness (QED) is 0.353. The lowest BCUT2D eigenvalue weighted by atomic mass is 9.85. The van der Waals surface area contributed by atoms with Gasteiger partial charge in [-0.1, -0.05) is 18.6 Å². The van der Waals surface area contributed by atoms with Gasteiger partial charge in [-0.25, -0.2) is 4.98 Å². The van der Waals surface area contributed by atoms with Gasteiger partial charge in [-0.15, -0.1) is 16.4 Å². The third kappa shape index (κ3) is 4.03. The van der Waals surface area contributed by atoms with Crippen LogP contribution in [0, 0.1) is 6.92 Å². The lowest BCUT2D eigenvalue weighted by Gasteiger charge is -2.24. The van der Waals surface area contributed by atoms with Gasteiger partial charge in [0.15, 0.2) is 11.5 Å². The molecule has 36 heavy (non-hydrogen) atoms. The molecule has 4 aromatic heterocycles. The SMILES string of the molecule is COc1ccc(CNC(=O)c2cc(-n3nnnc3C3CCC3)c3ncc(-c4ccc(C)s4)n3c2)cc1. The highest BCUT2D eigenvalue weighted by molar-refractivity contribution is 7.15. The Balaban J connectivity index is 1.41. The number of aromatic nitrogens is 6. The fourth-order valence-corrected chi connectivity index (χ4v) is 5.29. The van der Waals surface area contributed by atoms with Crippen LogP contribution in [0.2, 0.25) is 0 Å². The highest BCUT2D eigenvalue weighted by Crippen LogP contribution is 2.36. The molecule has 1 aromatic carbocycles. The zero-order chi connectivity index (χ0) is 24.6. The zero-order valence-electron chi connectivity index (χ0n) is 20.0. The van der Waals surface area contributed by atoms with Crippen molar-refractivity contribution in [2.75, 3.05) is 7.11 Å². The van der Waals surface area contributed by atoms with Crippen LogP contribution in [-0.2, 0) is 6.54 Å². The molecular formula is C26H25N7O2S. The molecule has 10 heteroatoms. The van der Waals surface area contributed by atoms with Crippen LogP contribution in [0.25, 0.3) is 21.9 Å². The van der Waals surface area contributed by atoms with Gasteiger partial charge in [0.25, 0.3) is 5.91 Å². The summed E-state index contributed by atoms with van der Waals surface area (Å²) in [5, 5.41) is 15.6. The molecule has 0 bridgehead atoms. The standard InChI is InChI=1S/C26H25N7O2S/c1-16-6-11-23(36-16)22-14-27-25-21(33-24(29-30-31-33)18-4-3-5-18)12-19(15-32(22)25)26(34)28-13-17-7-9-20(35-2)10-8-17/h6-12,14-15,18H,3-5,13H2,1-2H3,(H,28,34). The molecule has 182 valence electrons. The summed E-state index contributed by atoms with van der Waals surface area (Å²) in [6.07, 6.45) is 6.98. The molecule has 6 rings (SSSR count). The van der Waals surface area contributed by atoms with Crippen LogP contribution in [0.3, 0.4) is 0 Å². The van der Waals surface area contributed by atoms with Crippen molar-refractivity contribution >= 4 is 22.9 Å². The van der Waals surface area contributed by atoms with Gasteiger partial charge >= 0.3 is 0 Å². The lowest BCUT2D eigenvalue weighted by molar-refractivity contribution is 0.0950. The Morgan fingerprint density at radius 2 is 2.03 bits per heavy atom. The number of benzene rings is 1. The first-order chi connectivity index (χ1) is 17.6. The molecule has 1 aliphatic carbocycles. The van der Waals surface area contributed by atoms with E-state index in [4.69, 9.17) is 9.72 Å². The second-order valence-electron chi connectivity index (χ2n) is 8.97. The Morgan fingerprint density at radius 1 is 1.19 bits per heavy atom. The van der Waals surface area contributed by atoms with Crippen LogP contribution in [0.5, 0.6) is 5.75 Å². The zero-order valence-corrected chi connectivity index (χ0v) is 20.8. The summed E-state index contributed by atoms with van der Waals surface area (Å²) in [6.45, 7) is 2.47. The van der Waals surface area contributed by atoms with Gasteiger partial charge in [-0.2, -0.15) is 4.68 Å². The molecule has 0 spiro atoms. The number of ether oxygens (including phenoxy) is 1. The number of tetrazole rings is 1. The summed E-state index contributed by atoms with van der Waals surface area (Å²) in [6, 6.07) is 13.6. The summed E-state index contributed by atoms with van der Waals surface area (Å²) in [5.41, 5.74) is 3.81. The Kier molecular flexibility index (Phi) is 5.73. The van der Waals surface area contributed by atoms with Crippen LogP contribution in [0.15, 0.2) is 54.9 Å². The van der Waals surface area contributed by atoms with E-state index in [2.05, 4.69) is 39.9 Å². The van der Waals surface area contributed by atoms with Gasteiger partial charge in [0.1, 0.15) is 11.4 Å². The summed E-state index contributed by atoms with van der Waals surface area (Å²) >= 11 is 1.69. The average Bonchev–Trinajstić information content (AvgIpc) is 3.61. The van der Waals surface area contributed by atoms with Gasteiger partial charge in [0.2, 0.25) is 0 Å². The maximum absolute atomic E-state index is 13.3. The minimum absolute atomic E-state index is 0.186. The third-order valence-electron chi connectivity index (χ3n) is 6.65. The number of methoxy groups -OCH3 is 1. The highest BCUT2D eigenvalue weighted by Gasteiger charge is 2.28. The molecule has 1 N–H and O–H groups in total. The predicted octanol–water partition coefficient (Wildman–Crippen LogP) is 4.55. The van der Waals surface area contributed by atoms with E-state index in [0.717, 1.165) is 40.6 Å². The highest BCUT2D eigenvalue weighted by atomic mass is 32.1. The van der Waals surface area contributed by atoms with Crippen LogP contribution in [-0.4, -0.2) is 42.6 Å². The van der Waals surface area contributed by atoms with Crippen LogP contribution in [0.1, 0.15) is 51.8 Å². The molecule has 1 fully saturated rings. The first kappa shape index (κ1) is 22.4. The Labute approximate surface area is 211 Å². The van der Waals surface area contributed by atoms with Crippen molar-refractivity contribution in [1.29, 1.82) is 0 Å². The van der Waals surface area contributed by atoms with Crippen molar-refractivity contribution < 1.29 is 9.53 Å². The largest absolute Gasteiger partial charge is 0.497 e. The van der Waals surface area contributed by atoms with E-state index in [0.29, 0.717) is 29.4 Å². The molecular weight excluding hydrogens is 474 g/mol. The Hall–Kier alpha value is -4.05. The van der Waals surface area contributed by atoms with Gasteiger partial charge in [-0.05, 0) is 66.1 Å². The summed E-state index contributed by atoms with van der Waals surface area (Å²) in [5.74, 6) is 1.73. The van der Waals surface area contributed by atoms with Gasteiger partial charge in [0, 0.05) is 23.5 Å². The topological polar surface area (TPSA) is 99.2 Å². The van der Waals surface area contributed by atoms with E-state index in [1.54, 1.807) is 23.1 Å². The maximum atomic E-state index is 13.3. The number of fused-ring (bicyclic) bond motifs is 1. The molecule has 1 saturated carbocycles. The van der Waals surface area contributed by atoms with Crippen molar-refractivity contribution in [3.05, 3.63) is 76.7 Å². The summed E-state index contributed by atoms with van der Waals surface area (Å²) < 4.78 is 8.93. The fourth-order valence-electron chi connectivity index (χ4n) is 4.42. The van der Waals surface area contributed by atoms with Crippen molar-refractivity contribution in [2.45, 2.75) is 38.6 Å². The molecule has 1 aliphatic rings. The second kappa shape index (κ2) is 9.19. The van der Waals surface area contributed by atoms with E-state index in [1.165, 1.54) is 11.3 Å². The summed E-state index contributed by atoms with van der Waals surface area (Å²) in [4.78, 5) is 20.4. The minimum atomic E-state index is -0.186. The molecule has 0 unspecified atom stereocenters. The number of nitrogens with zero attached hydrogens (tertiary/aromatic N) is 6. The molecule has 1 amide bonds. The number of hydrogen-bond acceptors (Lipinski definition) is 7. The molecule has 9 nitrogen and oxygen atoms in total. The lowest BCUT2D eigenvalue weighted by Crippen LogP contribution is -2.24. The van der Waals surface area contributed by atoms with E-state index >= 15 is 0 Å². The number of thiophene rings is 1. The fraction of sp³-hybridized carbons (Fsp3) is 0.269. The second-order valence-corrected chi connectivity index (χ2v) is 10.3. The number of rotatable bonds is 7. The van der Waals surface area contributed by atoms with Crippen LogP contribution in [0.4, 0.5) is 0 Å². The van der Waals surface area contributed by atoms with E-state index in [-0.39, 0.29) is 5.91 Å². The average molecular weight is 500 g/mol. The maximum Gasteiger partial charge on any atom is 0.253 e. The number of hydrogen-bond donors (Lipinski definition) is 1. The van der Waals surface area contributed by atoms with Crippen molar-refractivity contribution in [2.24, 2.45) is 0 Å². The molecule has 4 heterocycles. The Morgan fingerprint density at radius 3 is 2.72 bits per heavy atom. The summed E-state index contributed by atoms with van der Waals surface area (Å²) in [7, 11) is 1.63. The third-order valence-corrected chi connectivity index (χ3v) is 7.67. The van der Waals surface area contributed by atoms with E-state index < -0.39 is 0 Å². The Bertz CT molecular complexity index is 1550.